The Morgan fingerprint density at radius 2 is 1.90 bits per heavy atom. The van der Waals surface area contributed by atoms with Gasteiger partial charge in [-0.3, -0.25) is 14.4 Å². The number of halogens is 2. The molecular weight excluding hydrogens is 542 g/mol. The number of β-amino-alcohol motifs (C(OH)–C–C–N with tert-alkyl or cyclic N) is 1. The van der Waals surface area contributed by atoms with Crippen LogP contribution < -0.4 is 11.1 Å². The molecule has 6 rings (SSSR count). The van der Waals surface area contributed by atoms with Crippen LogP contribution in [-0.2, 0) is 27.8 Å². The molecule has 4 N–H and O–H groups in total. The number of pyridine rings is 1. The highest BCUT2D eigenvalue weighted by Crippen LogP contribution is 2.46. The second-order valence-electron chi connectivity index (χ2n) is 12.0. The van der Waals surface area contributed by atoms with Crippen LogP contribution in [0.25, 0.3) is 0 Å². The molecular formula is C32H34F2N4O4. The summed E-state index contributed by atoms with van der Waals surface area (Å²) in [4.78, 5) is 41.7. The Morgan fingerprint density at radius 1 is 1.14 bits per heavy atom. The standard InChI is InChI=1S/C16H21F2NO2.C16H13N3O2/c1-16(2,21)10-19-9-11(5-3-8-14(19)20)12-6-4-7-13(17)15(12)18;17-13(20)9-3-4-10-7-16(8-11(10)6-9)12-2-1-5-18-14(12)19-15(16)21/h4,6-7,11,21H,3,5,8-10H2,1-2H3;1-6H,7-8H2,(H2,17,20)(H,18,19,21). The molecule has 1 aliphatic carbocycles. The van der Waals surface area contributed by atoms with Crippen LogP contribution in [0.3, 0.4) is 0 Å². The van der Waals surface area contributed by atoms with Gasteiger partial charge in [-0.2, -0.15) is 0 Å². The van der Waals surface area contributed by atoms with Crippen LogP contribution in [0.5, 0.6) is 0 Å². The van der Waals surface area contributed by atoms with E-state index >= 15 is 0 Å². The molecule has 3 aromatic rings. The maximum atomic E-state index is 14.0. The molecule has 1 saturated heterocycles. The summed E-state index contributed by atoms with van der Waals surface area (Å²) >= 11 is 0. The lowest BCUT2D eigenvalue weighted by Gasteiger charge is -2.30. The molecule has 2 aromatic carbocycles. The number of primary amides is 1. The van der Waals surface area contributed by atoms with E-state index in [-0.39, 0.29) is 24.3 Å². The Hall–Kier alpha value is -4.18. The first-order chi connectivity index (χ1) is 19.9. The minimum absolute atomic E-state index is 0.0203. The lowest BCUT2D eigenvalue weighted by Crippen LogP contribution is -2.43. The molecule has 3 aliphatic rings. The Balaban J connectivity index is 0.000000168. The van der Waals surface area contributed by atoms with Crippen LogP contribution in [-0.4, -0.2) is 51.4 Å². The van der Waals surface area contributed by atoms with E-state index < -0.39 is 28.6 Å². The average Bonchev–Trinajstić information content (AvgIpc) is 3.39. The highest BCUT2D eigenvalue weighted by atomic mass is 19.2. The molecule has 3 amide bonds. The number of carbonyl (C=O) groups is 3. The molecule has 10 heteroatoms. The minimum atomic E-state index is -1.01. The zero-order valence-electron chi connectivity index (χ0n) is 23.6. The first-order valence-electron chi connectivity index (χ1n) is 14.0. The highest BCUT2D eigenvalue weighted by molar-refractivity contribution is 6.06. The van der Waals surface area contributed by atoms with Gasteiger partial charge in [-0.25, -0.2) is 13.8 Å². The molecule has 1 fully saturated rings. The van der Waals surface area contributed by atoms with Crippen molar-refractivity contribution in [2.75, 3.05) is 18.4 Å². The number of benzene rings is 2. The van der Waals surface area contributed by atoms with Crippen molar-refractivity contribution in [3.63, 3.8) is 0 Å². The van der Waals surface area contributed by atoms with Gasteiger partial charge in [0, 0.05) is 42.8 Å². The molecule has 2 atom stereocenters. The molecule has 2 unspecified atom stereocenters. The Bertz CT molecular complexity index is 1550. The maximum Gasteiger partial charge on any atom is 0.248 e. The summed E-state index contributed by atoms with van der Waals surface area (Å²) in [6.07, 6.45) is 4.53. The largest absolute Gasteiger partial charge is 0.389 e. The van der Waals surface area contributed by atoms with Crippen LogP contribution >= 0.6 is 0 Å². The van der Waals surface area contributed by atoms with Crippen molar-refractivity contribution in [2.45, 2.75) is 62.9 Å². The van der Waals surface area contributed by atoms with Gasteiger partial charge in [0.25, 0.3) is 0 Å². The normalized spacial score (nSPS) is 21.3. The number of aliphatic hydroxyl groups is 1. The molecule has 8 nitrogen and oxygen atoms in total. The molecule has 0 radical (unpaired) electrons. The number of hydrogen-bond donors (Lipinski definition) is 3. The van der Waals surface area contributed by atoms with E-state index in [1.54, 1.807) is 43.1 Å². The van der Waals surface area contributed by atoms with Crippen LogP contribution in [0, 0.1) is 11.6 Å². The smallest absolute Gasteiger partial charge is 0.248 e. The van der Waals surface area contributed by atoms with Crippen LogP contribution in [0.15, 0.2) is 54.7 Å². The topological polar surface area (TPSA) is 126 Å². The van der Waals surface area contributed by atoms with Gasteiger partial charge in [-0.05, 0) is 80.5 Å². The summed E-state index contributed by atoms with van der Waals surface area (Å²) in [5, 5.41) is 12.8. The van der Waals surface area contributed by atoms with Gasteiger partial charge in [0.1, 0.15) is 5.82 Å². The lowest BCUT2D eigenvalue weighted by molar-refractivity contribution is -0.133. The number of fused-ring (bicyclic) bond motifs is 3. The number of nitrogens with one attached hydrogen (secondary N) is 1. The van der Waals surface area contributed by atoms with Gasteiger partial charge in [0.2, 0.25) is 17.7 Å². The predicted octanol–water partition coefficient (Wildman–Crippen LogP) is 4.00. The fraction of sp³-hybridized carbons (Fsp3) is 0.375. The second kappa shape index (κ2) is 11.2. The fourth-order valence-corrected chi connectivity index (χ4v) is 6.25. The molecule has 42 heavy (non-hydrogen) atoms. The summed E-state index contributed by atoms with van der Waals surface area (Å²) in [5.74, 6) is -1.81. The quantitative estimate of drug-likeness (QED) is 0.433. The van der Waals surface area contributed by atoms with Gasteiger partial charge in [-0.15, -0.1) is 0 Å². The zero-order chi connectivity index (χ0) is 30.2. The van der Waals surface area contributed by atoms with E-state index in [0.29, 0.717) is 55.6 Å². The third-order valence-corrected chi connectivity index (χ3v) is 8.20. The van der Waals surface area contributed by atoms with Crippen LogP contribution in [0.1, 0.15) is 71.6 Å². The molecule has 0 saturated carbocycles. The summed E-state index contributed by atoms with van der Waals surface area (Å²) in [6.45, 7) is 3.76. The number of likely N-dealkylation sites (tertiary alicyclic amines) is 1. The summed E-state index contributed by atoms with van der Waals surface area (Å²) in [7, 11) is 0. The van der Waals surface area contributed by atoms with Crippen LogP contribution in [0.2, 0.25) is 0 Å². The molecule has 1 aromatic heterocycles. The van der Waals surface area contributed by atoms with E-state index in [1.165, 1.54) is 6.07 Å². The predicted molar refractivity (Wildman–Crippen MR) is 153 cm³/mol. The molecule has 220 valence electrons. The fourth-order valence-electron chi connectivity index (χ4n) is 6.25. The van der Waals surface area contributed by atoms with Gasteiger partial charge in [0.05, 0.1) is 11.0 Å². The van der Waals surface area contributed by atoms with Crippen molar-refractivity contribution in [3.8, 4) is 0 Å². The van der Waals surface area contributed by atoms with Gasteiger partial charge < -0.3 is 21.1 Å². The number of rotatable bonds is 4. The van der Waals surface area contributed by atoms with E-state index in [1.807, 2.05) is 18.2 Å². The summed E-state index contributed by atoms with van der Waals surface area (Å²) in [6, 6.07) is 13.4. The number of anilines is 1. The molecule has 1 spiro atoms. The van der Waals surface area contributed by atoms with E-state index in [2.05, 4.69) is 10.3 Å². The Labute approximate surface area is 242 Å². The Kier molecular flexibility index (Phi) is 7.85. The Morgan fingerprint density at radius 3 is 2.64 bits per heavy atom. The van der Waals surface area contributed by atoms with E-state index in [0.717, 1.165) is 22.8 Å². The van der Waals surface area contributed by atoms with Crippen molar-refractivity contribution in [1.82, 2.24) is 9.88 Å². The van der Waals surface area contributed by atoms with E-state index in [9.17, 15) is 28.3 Å². The first kappa shape index (κ1) is 29.3. The third-order valence-electron chi connectivity index (χ3n) is 8.20. The second-order valence-corrected chi connectivity index (χ2v) is 12.0. The number of amides is 3. The monoisotopic (exact) mass is 576 g/mol. The average molecular weight is 577 g/mol. The number of hydrogen-bond acceptors (Lipinski definition) is 5. The van der Waals surface area contributed by atoms with Gasteiger partial charge in [-0.1, -0.05) is 24.3 Å². The highest BCUT2D eigenvalue weighted by Gasteiger charge is 2.51. The number of aromatic nitrogens is 1. The first-order valence-corrected chi connectivity index (χ1v) is 14.0. The molecule has 0 bridgehead atoms. The molecule has 2 aliphatic heterocycles. The van der Waals surface area contributed by atoms with Gasteiger partial charge >= 0.3 is 0 Å². The molecule has 3 heterocycles. The zero-order valence-corrected chi connectivity index (χ0v) is 23.6. The van der Waals surface area contributed by atoms with Crippen molar-refractivity contribution < 1.29 is 28.3 Å². The van der Waals surface area contributed by atoms with Crippen molar-refractivity contribution in [3.05, 3.63) is 94.2 Å². The third kappa shape index (κ3) is 5.76. The van der Waals surface area contributed by atoms with E-state index in [4.69, 9.17) is 5.73 Å². The SMILES string of the molecule is CC(C)(O)CN1CC(c2cccc(F)c2F)CCCC1=O.NC(=O)c1ccc2c(c1)CC1(C2)C(=O)Nc2ncccc21. The summed E-state index contributed by atoms with van der Waals surface area (Å²) < 4.78 is 27.3. The lowest BCUT2D eigenvalue weighted by atomic mass is 9.79. The van der Waals surface area contributed by atoms with Crippen molar-refractivity contribution >= 4 is 23.5 Å². The van der Waals surface area contributed by atoms with Crippen molar-refractivity contribution in [2.24, 2.45) is 5.73 Å². The van der Waals surface area contributed by atoms with Crippen LogP contribution in [0.4, 0.5) is 14.6 Å². The van der Waals surface area contributed by atoms with Crippen molar-refractivity contribution in [1.29, 1.82) is 0 Å². The minimum Gasteiger partial charge on any atom is -0.389 e. The van der Waals surface area contributed by atoms with Gasteiger partial charge in [0.15, 0.2) is 11.6 Å². The number of nitrogens with two attached hydrogens (primary N) is 1. The maximum absolute atomic E-state index is 14.0. The number of nitrogens with zero attached hydrogens (tertiary/aromatic N) is 2. The summed E-state index contributed by atoms with van der Waals surface area (Å²) in [5.41, 5.74) is 7.56. The number of carbonyl (C=O) groups excluding carboxylic acids is 3.